The first-order valence-corrected chi connectivity index (χ1v) is 10.7. The lowest BCUT2D eigenvalue weighted by Crippen LogP contribution is -2.49. The summed E-state index contributed by atoms with van der Waals surface area (Å²) in [6.45, 7) is 3.78. The summed E-state index contributed by atoms with van der Waals surface area (Å²) in [6.07, 6.45) is 2.94. The molecular formula is C21H30ClN3O5. The van der Waals surface area contributed by atoms with E-state index < -0.39 is 11.4 Å². The molecule has 9 heteroatoms. The highest BCUT2D eigenvalue weighted by atomic mass is 35.5. The number of likely N-dealkylation sites (tertiary alicyclic amines) is 1. The number of carbonyl (C=O) groups is 2. The normalized spacial score (nSPS) is 19.9. The Morgan fingerprint density at radius 3 is 2.60 bits per heavy atom. The summed E-state index contributed by atoms with van der Waals surface area (Å²) in [5, 5.41) is 13.0. The molecule has 0 spiro atoms. The Labute approximate surface area is 181 Å². The molecule has 0 aliphatic carbocycles. The molecule has 1 amide bonds. The number of anilines is 1. The first kappa shape index (κ1) is 22.7. The standard InChI is InChI=1S/C21H30ClN3O5/c1-29-18-11-17(23)16(22)10-15(18)19(26)24-12-14-2-6-25(7-3-14)13-21(20(27)28)4-8-30-9-5-21/h10-11,14H,2-9,12-13,23H2,1H3,(H,24,26)(H,27,28). The van der Waals surface area contributed by atoms with Gasteiger partial charge in [-0.2, -0.15) is 0 Å². The first-order chi connectivity index (χ1) is 14.3. The van der Waals surface area contributed by atoms with Crippen LogP contribution in [0, 0.1) is 11.3 Å². The third kappa shape index (κ3) is 5.17. The van der Waals surface area contributed by atoms with Crippen LogP contribution in [-0.2, 0) is 9.53 Å². The summed E-state index contributed by atoms with van der Waals surface area (Å²) in [5.41, 5.74) is 5.79. The number of nitrogens with one attached hydrogen (secondary N) is 1. The minimum Gasteiger partial charge on any atom is -0.496 e. The molecule has 2 aliphatic heterocycles. The molecule has 0 unspecified atom stereocenters. The Balaban J connectivity index is 1.50. The number of carbonyl (C=O) groups excluding carboxylic acids is 1. The van der Waals surface area contributed by atoms with Gasteiger partial charge in [0.15, 0.2) is 0 Å². The fraction of sp³-hybridized carbons (Fsp3) is 0.619. The lowest BCUT2D eigenvalue weighted by atomic mass is 9.79. The lowest BCUT2D eigenvalue weighted by Gasteiger charge is -2.40. The van der Waals surface area contributed by atoms with Crippen molar-refractivity contribution in [3.63, 3.8) is 0 Å². The maximum atomic E-state index is 12.6. The summed E-state index contributed by atoms with van der Waals surface area (Å²) >= 11 is 6.05. The molecule has 2 heterocycles. The fourth-order valence-corrected chi connectivity index (χ4v) is 4.39. The monoisotopic (exact) mass is 439 g/mol. The van der Waals surface area contributed by atoms with E-state index in [1.807, 2.05) is 0 Å². The number of rotatable bonds is 7. The van der Waals surface area contributed by atoms with E-state index in [1.54, 1.807) is 6.07 Å². The van der Waals surface area contributed by atoms with Crippen LogP contribution < -0.4 is 15.8 Å². The summed E-state index contributed by atoms with van der Waals surface area (Å²) < 4.78 is 10.6. The topological polar surface area (TPSA) is 114 Å². The Kier molecular flexibility index (Phi) is 7.44. The number of hydrogen-bond donors (Lipinski definition) is 3. The molecule has 3 rings (SSSR count). The van der Waals surface area contributed by atoms with Gasteiger partial charge >= 0.3 is 5.97 Å². The molecule has 2 aliphatic rings. The van der Waals surface area contributed by atoms with Gasteiger partial charge in [-0.15, -0.1) is 0 Å². The lowest BCUT2D eigenvalue weighted by molar-refractivity contribution is -0.157. The average Bonchev–Trinajstić information content (AvgIpc) is 2.75. The number of halogens is 1. The molecule has 0 bridgehead atoms. The highest BCUT2D eigenvalue weighted by Gasteiger charge is 2.42. The van der Waals surface area contributed by atoms with Gasteiger partial charge < -0.3 is 30.5 Å². The van der Waals surface area contributed by atoms with Crippen molar-refractivity contribution in [3.05, 3.63) is 22.7 Å². The summed E-state index contributed by atoms with van der Waals surface area (Å²) in [7, 11) is 1.48. The number of nitrogens with zero attached hydrogens (tertiary/aromatic N) is 1. The highest BCUT2D eigenvalue weighted by molar-refractivity contribution is 6.33. The SMILES string of the molecule is COc1cc(N)c(Cl)cc1C(=O)NCC1CCN(CC2(C(=O)O)CCOCC2)CC1. The number of nitrogen functional groups attached to an aromatic ring is 1. The van der Waals surface area contributed by atoms with Crippen molar-refractivity contribution in [2.45, 2.75) is 25.7 Å². The highest BCUT2D eigenvalue weighted by Crippen LogP contribution is 2.33. The van der Waals surface area contributed by atoms with Crippen LogP contribution in [0.15, 0.2) is 12.1 Å². The predicted molar refractivity (Wildman–Crippen MR) is 114 cm³/mol. The van der Waals surface area contributed by atoms with Crippen LogP contribution in [0.4, 0.5) is 5.69 Å². The van der Waals surface area contributed by atoms with Crippen molar-refractivity contribution in [3.8, 4) is 5.75 Å². The third-order valence-corrected chi connectivity index (χ3v) is 6.58. The van der Waals surface area contributed by atoms with E-state index in [2.05, 4.69) is 10.2 Å². The molecule has 1 aromatic carbocycles. The summed E-state index contributed by atoms with van der Waals surface area (Å²) in [6, 6.07) is 3.07. The van der Waals surface area contributed by atoms with Crippen LogP contribution >= 0.6 is 11.6 Å². The second-order valence-corrected chi connectivity index (χ2v) is 8.61. The van der Waals surface area contributed by atoms with Crippen molar-refractivity contribution < 1.29 is 24.2 Å². The zero-order valence-electron chi connectivity index (χ0n) is 17.3. The van der Waals surface area contributed by atoms with Crippen molar-refractivity contribution >= 4 is 29.2 Å². The Hall–Kier alpha value is -2.03. The van der Waals surface area contributed by atoms with Crippen LogP contribution in [0.3, 0.4) is 0 Å². The second kappa shape index (κ2) is 9.85. The molecule has 166 valence electrons. The summed E-state index contributed by atoms with van der Waals surface area (Å²) in [5.74, 6) is -0.241. The number of hydrogen-bond acceptors (Lipinski definition) is 6. The number of benzene rings is 1. The van der Waals surface area contributed by atoms with E-state index in [9.17, 15) is 14.7 Å². The molecule has 4 N–H and O–H groups in total. The third-order valence-electron chi connectivity index (χ3n) is 6.25. The van der Waals surface area contributed by atoms with Gasteiger partial charge in [0, 0.05) is 32.4 Å². The van der Waals surface area contributed by atoms with Crippen LogP contribution in [0.5, 0.6) is 5.75 Å². The average molecular weight is 440 g/mol. The van der Waals surface area contributed by atoms with Crippen molar-refractivity contribution in [1.82, 2.24) is 10.2 Å². The maximum absolute atomic E-state index is 12.6. The minimum absolute atomic E-state index is 0.247. The number of piperidine rings is 1. The van der Waals surface area contributed by atoms with Gasteiger partial charge in [-0.25, -0.2) is 0 Å². The summed E-state index contributed by atoms with van der Waals surface area (Å²) in [4.78, 5) is 26.7. The van der Waals surface area contributed by atoms with Gasteiger partial charge in [0.05, 0.1) is 28.8 Å². The molecule has 0 aromatic heterocycles. The predicted octanol–water partition coefficient (Wildman–Crippen LogP) is 2.25. The molecule has 0 saturated carbocycles. The number of methoxy groups -OCH3 is 1. The van der Waals surface area contributed by atoms with E-state index in [4.69, 9.17) is 26.8 Å². The molecule has 1 aromatic rings. The van der Waals surface area contributed by atoms with Crippen molar-refractivity contribution in [2.75, 3.05) is 52.2 Å². The minimum atomic E-state index is -0.726. The first-order valence-electron chi connectivity index (χ1n) is 10.3. The Morgan fingerprint density at radius 1 is 1.33 bits per heavy atom. The van der Waals surface area contributed by atoms with Gasteiger partial charge in [-0.1, -0.05) is 11.6 Å². The smallest absolute Gasteiger partial charge is 0.311 e. The number of carboxylic acids is 1. The fourth-order valence-electron chi connectivity index (χ4n) is 4.23. The number of nitrogens with two attached hydrogens (primary N) is 1. The van der Waals surface area contributed by atoms with E-state index in [1.165, 1.54) is 13.2 Å². The van der Waals surface area contributed by atoms with Gasteiger partial charge in [-0.3, -0.25) is 9.59 Å². The van der Waals surface area contributed by atoms with Crippen LogP contribution in [-0.4, -0.2) is 68.4 Å². The largest absolute Gasteiger partial charge is 0.496 e. The molecule has 0 atom stereocenters. The Morgan fingerprint density at radius 2 is 2.00 bits per heavy atom. The van der Waals surface area contributed by atoms with Gasteiger partial charge in [0.25, 0.3) is 5.91 Å². The Bertz CT molecular complexity index is 774. The van der Waals surface area contributed by atoms with Crippen LogP contribution in [0.1, 0.15) is 36.0 Å². The number of carboxylic acid groups (broad SMARTS) is 1. The van der Waals surface area contributed by atoms with E-state index in [0.717, 1.165) is 25.9 Å². The van der Waals surface area contributed by atoms with Gasteiger partial charge in [0.2, 0.25) is 0 Å². The molecular weight excluding hydrogens is 410 g/mol. The van der Waals surface area contributed by atoms with Gasteiger partial charge in [0.1, 0.15) is 5.75 Å². The molecule has 8 nitrogen and oxygen atoms in total. The second-order valence-electron chi connectivity index (χ2n) is 8.20. The zero-order chi connectivity index (χ0) is 21.7. The molecule has 0 radical (unpaired) electrons. The van der Waals surface area contributed by atoms with Crippen molar-refractivity contribution in [2.24, 2.45) is 11.3 Å². The zero-order valence-corrected chi connectivity index (χ0v) is 18.0. The van der Waals surface area contributed by atoms with E-state index in [-0.39, 0.29) is 5.91 Å². The van der Waals surface area contributed by atoms with Crippen molar-refractivity contribution in [1.29, 1.82) is 0 Å². The number of amides is 1. The van der Waals surface area contributed by atoms with E-state index >= 15 is 0 Å². The molecule has 2 saturated heterocycles. The molecule has 30 heavy (non-hydrogen) atoms. The van der Waals surface area contributed by atoms with Gasteiger partial charge in [-0.05, 0) is 50.8 Å². The molecule has 2 fully saturated rings. The quantitative estimate of drug-likeness (QED) is 0.558. The van der Waals surface area contributed by atoms with Crippen LogP contribution in [0.2, 0.25) is 5.02 Å². The van der Waals surface area contributed by atoms with Crippen LogP contribution in [0.25, 0.3) is 0 Å². The maximum Gasteiger partial charge on any atom is 0.311 e. The number of ether oxygens (including phenoxy) is 2. The van der Waals surface area contributed by atoms with E-state index in [0.29, 0.717) is 67.1 Å². The number of aliphatic carboxylic acids is 1.